The Balaban J connectivity index is 1.49. The van der Waals surface area contributed by atoms with Crippen molar-refractivity contribution in [1.82, 2.24) is 24.6 Å². The van der Waals surface area contributed by atoms with Gasteiger partial charge in [-0.1, -0.05) is 11.3 Å². The minimum atomic E-state index is -4.39. The highest BCUT2D eigenvalue weighted by atomic mass is 32.2. The van der Waals surface area contributed by atoms with E-state index in [-0.39, 0.29) is 73.6 Å². The topological polar surface area (TPSA) is 136 Å². The van der Waals surface area contributed by atoms with E-state index >= 15 is 4.39 Å². The summed E-state index contributed by atoms with van der Waals surface area (Å²) in [5.74, 6) is -1.51. The Morgan fingerprint density at radius 2 is 1.92 bits per heavy atom. The Kier molecular flexibility index (Phi) is 5.70. The highest BCUT2D eigenvalue weighted by molar-refractivity contribution is 7.89. The number of thiazole rings is 1. The second kappa shape index (κ2) is 8.94. The summed E-state index contributed by atoms with van der Waals surface area (Å²) in [5.41, 5.74) is 5.40. The summed E-state index contributed by atoms with van der Waals surface area (Å²) in [7, 11) is -3.04. The lowest BCUT2D eigenvalue weighted by molar-refractivity contribution is -0.0348. The number of methoxy groups -OCH3 is 1. The fourth-order valence-corrected chi connectivity index (χ4v) is 8.38. The van der Waals surface area contributed by atoms with Crippen molar-refractivity contribution in [3.8, 4) is 6.01 Å². The first-order valence-corrected chi connectivity index (χ1v) is 14.8. The van der Waals surface area contributed by atoms with Crippen molar-refractivity contribution in [2.24, 2.45) is 5.92 Å². The van der Waals surface area contributed by atoms with Crippen LogP contribution in [0.15, 0.2) is 17.0 Å². The van der Waals surface area contributed by atoms with Gasteiger partial charge in [-0.15, -0.1) is 0 Å². The summed E-state index contributed by atoms with van der Waals surface area (Å²) in [6.07, 6.45) is 1.92. The molecule has 1 aromatic carbocycles. The predicted octanol–water partition coefficient (Wildman–Crippen LogP) is 2.20. The maximum absolute atomic E-state index is 16.8. The van der Waals surface area contributed by atoms with E-state index in [0.29, 0.717) is 26.3 Å². The van der Waals surface area contributed by atoms with Crippen molar-refractivity contribution in [3.63, 3.8) is 0 Å². The largest absolute Gasteiger partial charge is 0.467 e. The molecule has 2 bridgehead atoms. The number of benzene rings is 1. The van der Waals surface area contributed by atoms with E-state index < -0.39 is 21.7 Å². The number of anilines is 2. The molecule has 39 heavy (non-hydrogen) atoms. The number of fused-ring (bicyclic) bond motifs is 4. The molecule has 0 amide bonds. The van der Waals surface area contributed by atoms with Crippen LogP contribution in [0, 0.1) is 11.7 Å². The normalized spacial score (nSPS) is 24.3. The van der Waals surface area contributed by atoms with Crippen LogP contribution in [0.2, 0.25) is 0 Å². The van der Waals surface area contributed by atoms with Crippen molar-refractivity contribution in [2.45, 2.75) is 29.8 Å². The monoisotopic (exact) mass is 577 g/mol. The Morgan fingerprint density at radius 1 is 1.18 bits per heavy atom. The Bertz CT molecular complexity index is 1630. The average molecular weight is 578 g/mol. The van der Waals surface area contributed by atoms with Crippen molar-refractivity contribution in [1.29, 1.82) is 0 Å². The SMILES string of the molecule is COc1nc2c(c(N3CC4CCC(C3)N4)n1)S(=O)(=O)N(CC1COC1)C(c1ccc(F)c3sc(N)nc13)=C2F. The Labute approximate surface area is 226 Å². The van der Waals surface area contributed by atoms with Gasteiger partial charge in [0.05, 0.1) is 36.2 Å². The van der Waals surface area contributed by atoms with E-state index in [9.17, 15) is 12.8 Å². The Hall–Kier alpha value is -3.14. The molecule has 2 aromatic heterocycles. The van der Waals surface area contributed by atoms with Gasteiger partial charge < -0.3 is 25.4 Å². The van der Waals surface area contributed by atoms with E-state index in [0.717, 1.165) is 34.6 Å². The summed E-state index contributed by atoms with van der Waals surface area (Å²) < 4.78 is 72.1. The van der Waals surface area contributed by atoms with Crippen LogP contribution in [-0.4, -0.2) is 79.7 Å². The van der Waals surface area contributed by atoms with Crippen LogP contribution in [0.1, 0.15) is 24.1 Å². The van der Waals surface area contributed by atoms with Crippen molar-refractivity contribution < 1.29 is 26.7 Å². The van der Waals surface area contributed by atoms with Gasteiger partial charge in [-0.3, -0.25) is 4.31 Å². The van der Waals surface area contributed by atoms with E-state index in [1.165, 1.54) is 13.2 Å². The van der Waals surface area contributed by atoms with Gasteiger partial charge in [0.2, 0.25) is 0 Å². The van der Waals surface area contributed by atoms with Crippen LogP contribution in [0.25, 0.3) is 21.7 Å². The zero-order valence-corrected chi connectivity index (χ0v) is 22.5. The molecular weight excluding hydrogens is 552 g/mol. The standard InChI is InChI=1S/C24H25F2N7O4S2/c1-36-24-30-18-16(26)19(14-4-5-15(25)20-17(14)29-23(27)38-20)33(6-11-9-37-10-11)39(34,35)21(18)22(31-24)32-7-12-2-3-13(8-32)28-12/h4-5,11-13,28H,2-3,6-10H2,1H3,(H2,27,29). The number of nitrogens with two attached hydrogens (primary N) is 1. The van der Waals surface area contributed by atoms with E-state index in [4.69, 9.17) is 15.2 Å². The first-order chi connectivity index (χ1) is 18.7. The molecule has 15 heteroatoms. The van der Waals surface area contributed by atoms with Gasteiger partial charge in [0, 0.05) is 43.2 Å². The predicted molar refractivity (Wildman–Crippen MR) is 141 cm³/mol. The highest BCUT2D eigenvalue weighted by Crippen LogP contribution is 2.47. The zero-order chi connectivity index (χ0) is 27.1. The minimum Gasteiger partial charge on any atom is -0.467 e. The molecule has 0 spiro atoms. The van der Waals surface area contributed by atoms with Gasteiger partial charge >= 0.3 is 6.01 Å². The molecule has 0 saturated carbocycles. The Morgan fingerprint density at radius 3 is 2.59 bits per heavy atom. The maximum Gasteiger partial charge on any atom is 0.318 e. The first kappa shape index (κ1) is 24.9. The molecule has 3 saturated heterocycles. The van der Waals surface area contributed by atoms with Gasteiger partial charge in [-0.25, -0.2) is 22.2 Å². The lowest BCUT2D eigenvalue weighted by atomic mass is 10.0. The van der Waals surface area contributed by atoms with Gasteiger partial charge in [0.15, 0.2) is 21.7 Å². The molecule has 0 aliphatic carbocycles. The number of nitrogen functional groups attached to an aromatic ring is 1. The molecule has 4 aliphatic rings. The van der Waals surface area contributed by atoms with Crippen LogP contribution in [0.5, 0.6) is 6.01 Å². The van der Waals surface area contributed by atoms with Gasteiger partial charge in [-0.2, -0.15) is 9.97 Å². The third-order valence-corrected chi connectivity index (χ3v) is 10.3. The molecule has 3 aromatic rings. The summed E-state index contributed by atoms with van der Waals surface area (Å²) >= 11 is 0.908. The number of hydrogen-bond donors (Lipinski definition) is 2. The molecule has 7 rings (SSSR count). The average Bonchev–Trinajstić information content (AvgIpc) is 3.45. The summed E-state index contributed by atoms with van der Waals surface area (Å²) in [6.45, 7) is 1.67. The lowest BCUT2D eigenvalue weighted by Gasteiger charge is -2.39. The molecule has 6 heterocycles. The fraction of sp³-hybridized carbons (Fsp3) is 0.458. The molecule has 2 unspecified atom stereocenters. The van der Waals surface area contributed by atoms with Crippen LogP contribution >= 0.6 is 11.3 Å². The van der Waals surface area contributed by atoms with Crippen molar-refractivity contribution >= 4 is 54.1 Å². The minimum absolute atomic E-state index is 0.0404. The zero-order valence-electron chi connectivity index (χ0n) is 20.9. The number of rotatable bonds is 5. The summed E-state index contributed by atoms with van der Waals surface area (Å²) in [4.78, 5) is 14.4. The molecule has 2 atom stereocenters. The van der Waals surface area contributed by atoms with Crippen molar-refractivity contribution in [2.75, 3.05) is 50.6 Å². The third kappa shape index (κ3) is 3.85. The second-order valence-corrected chi connectivity index (χ2v) is 13.0. The second-order valence-electron chi connectivity index (χ2n) is 10.2. The van der Waals surface area contributed by atoms with Crippen LogP contribution < -0.4 is 20.7 Å². The van der Waals surface area contributed by atoms with Crippen molar-refractivity contribution in [3.05, 3.63) is 29.2 Å². The number of sulfonamides is 1. The molecule has 3 N–H and O–H groups in total. The van der Waals surface area contributed by atoms with Gasteiger partial charge in [0.25, 0.3) is 10.0 Å². The number of aromatic nitrogens is 3. The third-order valence-electron chi connectivity index (χ3n) is 7.64. The lowest BCUT2D eigenvalue weighted by Crippen LogP contribution is -2.52. The quantitative estimate of drug-likeness (QED) is 0.465. The summed E-state index contributed by atoms with van der Waals surface area (Å²) in [5, 5.41) is 3.59. The number of halogens is 2. The smallest absolute Gasteiger partial charge is 0.318 e. The number of hydrogen-bond acceptors (Lipinski definition) is 11. The molecule has 0 radical (unpaired) electrons. The number of nitrogens with zero attached hydrogens (tertiary/aromatic N) is 5. The maximum atomic E-state index is 16.8. The van der Waals surface area contributed by atoms with E-state index in [1.54, 1.807) is 0 Å². The van der Waals surface area contributed by atoms with E-state index in [2.05, 4.69) is 20.3 Å². The van der Waals surface area contributed by atoms with Crippen LogP contribution in [0.4, 0.5) is 19.7 Å². The summed E-state index contributed by atoms with van der Waals surface area (Å²) in [6, 6.07) is 2.68. The van der Waals surface area contributed by atoms with Gasteiger partial charge in [0.1, 0.15) is 11.5 Å². The number of piperazine rings is 1. The van der Waals surface area contributed by atoms with E-state index in [1.807, 2.05) is 4.90 Å². The van der Waals surface area contributed by atoms with Crippen LogP contribution in [0.3, 0.4) is 0 Å². The molecular formula is C24H25F2N7O4S2. The number of nitrogens with one attached hydrogen (secondary N) is 1. The van der Waals surface area contributed by atoms with Crippen LogP contribution in [-0.2, 0) is 14.8 Å². The highest BCUT2D eigenvalue weighted by Gasteiger charge is 2.46. The molecule has 4 aliphatic heterocycles. The first-order valence-electron chi connectivity index (χ1n) is 12.6. The molecule has 206 valence electrons. The molecule has 3 fully saturated rings. The number of ether oxygens (including phenoxy) is 2. The fourth-order valence-electron chi connectivity index (χ4n) is 5.78. The molecule has 11 nitrogen and oxygen atoms in total. The van der Waals surface area contributed by atoms with Gasteiger partial charge in [-0.05, 0) is 25.0 Å².